The van der Waals surface area contributed by atoms with Gasteiger partial charge < -0.3 is 15.3 Å². The molecule has 1 aromatic heterocycles. The first kappa shape index (κ1) is 14.0. The fourth-order valence-corrected chi connectivity index (χ4v) is 2.28. The van der Waals surface area contributed by atoms with Gasteiger partial charge in [-0.05, 0) is 13.0 Å². The van der Waals surface area contributed by atoms with Crippen LogP contribution in [0.1, 0.15) is 22.6 Å². The monoisotopic (exact) mass is 280 g/mol. The van der Waals surface area contributed by atoms with Gasteiger partial charge in [0.05, 0.1) is 12.1 Å². The number of carbonyl (C=O) groups excluding carboxylic acids is 2. The number of hydrogen-bond acceptors (Lipinski definition) is 4. The minimum Gasteiger partial charge on any atom is -0.481 e. The Morgan fingerprint density at radius 1 is 1.55 bits per heavy atom. The number of carboxylic acids is 1. The first-order valence-corrected chi connectivity index (χ1v) is 6.21. The summed E-state index contributed by atoms with van der Waals surface area (Å²) in [5, 5.41) is 15.5. The zero-order valence-corrected chi connectivity index (χ0v) is 11.3. The summed E-state index contributed by atoms with van der Waals surface area (Å²) < 4.78 is 1.43. The average molecular weight is 280 g/mol. The quantitative estimate of drug-likeness (QED) is 0.750. The summed E-state index contributed by atoms with van der Waals surface area (Å²) in [6.07, 6.45) is -0.408. The van der Waals surface area contributed by atoms with E-state index in [2.05, 4.69) is 10.4 Å². The molecule has 1 aliphatic heterocycles. The van der Waals surface area contributed by atoms with E-state index in [0.29, 0.717) is 17.9 Å². The van der Waals surface area contributed by atoms with Crippen molar-refractivity contribution in [3.8, 4) is 0 Å². The Kier molecular flexibility index (Phi) is 3.73. The third-order valence-corrected chi connectivity index (χ3v) is 3.18. The first-order chi connectivity index (χ1) is 9.40. The Bertz CT molecular complexity index is 566. The lowest BCUT2D eigenvalue weighted by Gasteiger charge is -2.34. The van der Waals surface area contributed by atoms with E-state index in [4.69, 9.17) is 5.11 Å². The van der Waals surface area contributed by atoms with Crippen LogP contribution in [0.15, 0.2) is 6.07 Å². The highest BCUT2D eigenvalue weighted by atomic mass is 16.4. The van der Waals surface area contributed by atoms with Crippen LogP contribution in [-0.4, -0.2) is 56.7 Å². The third kappa shape index (κ3) is 2.63. The van der Waals surface area contributed by atoms with Crippen LogP contribution in [0.3, 0.4) is 0 Å². The predicted molar refractivity (Wildman–Crippen MR) is 68.0 cm³/mol. The van der Waals surface area contributed by atoms with Gasteiger partial charge in [0, 0.05) is 20.1 Å². The molecule has 108 valence electrons. The second-order valence-corrected chi connectivity index (χ2v) is 4.70. The van der Waals surface area contributed by atoms with Crippen LogP contribution in [0.2, 0.25) is 0 Å². The van der Waals surface area contributed by atoms with Gasteiger partial charge in [-0.25, -0.2) is 0 Å². The molecule has 0 aliphatic carbocycles. The van der Waals surface area contributed by atoms with E-state index in [0.717, 1.165) is 0 Å². The number of aromatic nitrogens is 2. The number of carboxylic acid groups (broad SMARTS) is 1. The highest BCUT2D eigenvalue weighted by molar-refractivity contribution is 5.98. The molecule has 0 bridgehead atoms. The number of hydrogen-bond donors (Lipinski definition) is 2. The van der Waals surface area contributed by atoms with Crippen molar-refractivity contribution in [2.24, 2.45) is 7.05 Å². The Hall–Kier alpha value is -2.38. The van der Waals surface area contributed by atoms with E-state index in [1.165, 1.54) is 9.58 Å². The van der Waals surface area contributed by atoms with E-state index in [1.54, 1.807) is 20.0 Å². The number of aryl methyl sites for hydroxylation is 2. The molecule has 1 atom stereocenters. The molecule has 1 aromatic rings. The van der Waals surface area contributed by atoms with Gasteiger partial charge in [-0.1, -0.05) is 0 Å². The van der Waals surface area contributed by atoms with Gasteiger partial charge in [0.25, 0.3) is 5.91 Å². The lowest BCUT2D eigenvalue weighted by atomic mass is 10.1. The topological polar surface area (TPSA) is 105 Å². The Morgan fingerprint density at radius 2 is 2.25 bits per heavy atom. The second-order valence-electron chi connectivity index (χ2n) is 4.70. The van der Waals surface area contributed by atoms with Gasteiger partial charge in [0.1, 0.15) is 11.7 Å². The molecule has 2 rings (SSSR count). The zero-order chi connectivity index (χ0) is 14.9. The van der Waals surface area contributed by atoms with E-state index in [-0.39, 0.29) is 12.5 Å². The van der Waals surface area contributed by atoms with Crippen molar-refractivity contribution in [1.29, 1.82) is 0 Å². The number of rotatable bonds is 3. The summed E-state index contributed by atoms with van der Waals surface area (Å²) >= 11 is 0. The summed E-state index contributed by atoms with van der Waals surface area (Å²) in [7, 11) is 1.64. The zero-order valence-electron chi connectivity index (χ0n) is 11.3. The Balaban J connectivity index is 2.28. The third-order valence-electron chi connectivity index (χ3n) is 3.18. The molecule has 8 nitrogen and oxygen atoms in total. The minimum absolute atomic E-state index is 0.284. The van der Waals surface area contributed by atoms with Crippen molar-refractivity contribution < 1.29 is 19.5 Å². The predicted octanol–water partition coefficient (Wildman–Crippen LogP) is -0.856. The number of piperazine rings is 1. The fourth-order valence-electron chi connectivity index (χ4n) is 2.28. The van der Waals surface area contributed by atoms with E-state index < -0.39 is 24.3 Å². The maximum atomic E-state index is 12.5. The molecule has 1 fully saturated rings. The lowest BCUT2D eigenvalue weighted by Crippen LogP contribution is -2.58. The van der Waals surface area contributed by atoms with Crippen LogP contribution in [0.5, 0.6) is 0 Å². The molecule has 0 spiro atoms. The van der Waals surface area contributed by atoms with Crippen molar-refractivity contribution in [2.45, 2.75) is 19.4 Å². The molecule has 2 heterocycles. The minimum atomic E-state index is -1.12. The van der Waals surface area contributed by atoms with Crippen molar-refractivity contribution in [2.75, 3.05) is 13.1 Å². The molecule has 8 heteroatoms. The number of amides is 2. The van der Waals surface area contributed by atoms with Crippen molar-refractivity contribution in [1.82, 2.24) is 20.0 Å². The van der Waals surface area contributed by atoms with Crippen molar-refractivity contribution in [3.05, 3.63) is 17.5 Å². The van der Waals surface area contributed by atoms with E-state index in [9.17, 15) is 14.4 Å². The first-order valence-electron chi connectivity index (χ1n) is 6.21. The molecule has 2 N–H and O–H groups in total. The second kappa shape index (κ2) is 5.32. The molecule has 0 saturated carbocycles. The SMILES string of the molecule is Cc1cc(C(=O)N2CCNC(=O)C2CC(=O)O)n(C)n1. The van der Waals surface area contributed by atoms with Gasteiger partial charge >= 0.3 is 5.97 Å². The van der Waals surface area contributed by atoms with Gasteiger partial charge in [-0.15, -0.1) is 0 Å². The van der Waals surface area contributed by atoms with E-state index in [1.807, 2.05) is 0 Å². The van der Waals surface area contributed by atoms with Crippen molar-refractivity contribution in [3.63, 3.8) is 0 Å². The van der Waals surface area contributed by atoms with Crippen LogP contribution < -0.4 is 5.32 Å². The molecule has 0 aromatic carbocycles. The van der Waals surface area contributed by atoms with Crippen LogP contribution in [0, 0.1) is 6.92 Å². The molecule has 0 radical (unpaired) electrons. The van der Waals surface area contributed by atoms with Gasteiger partial charge in [-0.3, -0.25) is 19.1 Å². The maximum Gasteiger partial charge on any atom is 0.305 e. The largest absolute Gasteiger partial charge is 0.481 e. The number of nitrogens with zero attached hydrogens (tertiary/aromatic N) is 3. The van der Waals surface area contributed by atoms with Crippen LogP contribution in [0.4, 0.5) is 0 Å². The van der Waals surface area contributed by atoms with Gasteiger partial charge in [-0.2, -0.15) is 5.10 Å². The van der Waals surface area contributed by atoms with Gasteiger partial charge in [0.15, 0.2) is 0 Å². The highest BCUT2D eigenvalue weighted by Gasteiger charge is 2.36. The number of carbonyl (C=O) groups is 3. The molecule has 20 heavy (non-hydrogen) atoms. The highest BCUT2D eigenvalue weighted by Crippen LogP contribution is 2.14. The molecular formula is C12H16N4O4. The van der Waals surface area contributed by atoms with Crippen molar-refractivity contribution >= 4 is 17.8 Å². The summed E-state index contributed by atoms with van der Waals surface area (Å²) in [4.78, 5) is 36.4. The normalized spacial score (nSPS) is 18.8. The number of nitrogens with one attached hydrogen (secondary N) is 1. The molecule has 1 saturated heterocycles. The Labute approximate surface area is 115 Å². The summed E-state index contributed by atoms with van der Waals surface area (Å²) in [5.41, 5.74) is 1.03. The molecule has 1 aliphatic rings. The van der Waals surface area contributed by atoms with E-state index >= 15 is 0 Å². The van der Waals surface area contributed by atoms with Crippen LogP contribution >= 0.6 is 0 Å². The molecule has 1 unspecified atom stereocenters. The lowest BCUT2D eigenvalue weighted by molar-refractivity contribution is -0.142. The summed E-state index contributed by atoms with van der Waals surface area (Å²) in [6.45, 7) is 2.36. The van der Waals surface area contributed by atoms with Gasteiger partial charge in [0.2, 0.25) is 5.91 Å². The standard InChI is InChI=1S/C12H16N4O4/c1-7-5-9(15(2)14-7)12(20)16-4-3-13-11(19)8(16)6-10(17)18/h5,8H,3-4,6H2,1-2H3,(H,13,19)(H,17,18). The molecule has 2 amide bonds. The molecular weight excluding hydrogens is 264 g/mol. The van der Waals surface area contributed by atoms with Crippen LogP contribution in [0.25, 0.3) is 0 Å². The average Bonchev–Trinajstić information content (AvgIpc) is 2.70. The number of aliphatic carboxylic acids is 1. The van der Waals surface area contributed by atoms with Crippen LogP contribution in [-0.2, 0) is 16.6 Å². The fraction of sp³-hybridized carbons (Fsp3) is 0.500. The summed E-state index contributed by atoms with van der Waals surface area (Å²) in [5.74, 6) is -1.94. The smallest absolute Gasteiger partial charge is 0.305 e. The summed E-state index contributed by atoms with van der Waals surface area (Å²) in [6, 6.07) is 0.635. The Morgan fingerprint density at radius 3 is 2.80 bits per heavy atom. The maximum absolute atomic E-state index is 12.5.